The predicted octanol–water partition coefficient (Wildman–Crippen LogP) is 0.786. The van der Waals surface area contributed by atoms with Crippen LogP contribution < -0.4 is 11.1 Å². The number of aromatic nitrogens is 3. The van der Waals surface area contributed by atoms with Gasteiger partial charge in [-0.3, -0.25) is 20.0 Å². The normalized spacial score (nSPS) is 11.8. The van der Waals surface area contributed by atoms with Crippen molar-refractivity contribution in [3.05, 3.63) is 45.8 Å². The van der Waals surface area contributed by atoms with Crippen LogP contribution in [0.5, 0.6) is 0 Å². The third kappa shape index (κ3) is 2.88. The zero-order chi connectivity index (χ0) is 14.7. The van der Waals surface area contributed by atoms with Crippen molar-refractivity contribution in [2.24, 2.45) is 0 Å². The number of hydrogen-bond acceptors (Lipinski definition) is 6. The molecule has 0 aliphatic carbocycles. The molecule has 0 radical (unpaired) electrons. The lowest BCUT2D eigenvalue weighted by Gasteiger charge is -2.12. The van der Waals surface area contributed by atoms with Gasteiger partial charge in [0.15, 0.2) is 0 Å². The summed E-state index contributed by atoms with van der Waals surface area (Å²) in [6.45, 7) is 1.71. The van der Waals surface area contributed by atoms with Crippen LogP contribution in [0.4, 0.5) is 11.6 Å². The number of benzene rings is 1. The summed E-state index contributed by atoms with van der Waals surface area (Å²) in [6.07, 6.45) is 0. The number of anilines is 1. The molecule has 1 aromatic heterocycles. The highest BCUT2D eigenvalue weighted by Gasteiger charge is 2.16. The number of nitrogens with two attached hydrogens (primary N) is 1. The van der Waals surface area contributed by atoms with E-state index in [9.17, 15) is 14.9 Å². The molecular formula is C11H12N6O3. The van der Waals surface area contributed by atoms with Crippen molar-refractivity contribution in [3.63, 3.8) is 0 Å². The topological polar surface area (TPSA) is 140 Å². The smallest absolute Gasteiger partial charge is 0.289 e. The molecule has 4 N–H and O–H groups in total. The average molecular weight is 276 g/mol. The number of nitro groups is 1. The molecule has 0 aliphatic rings. The number of hydrogen-bond donors (Lipinski definition) is 3. The molecule has 104 valence electrons. The maximum Gasteiger partial charge on any atom is 0.289 e. The molecule has 0 bridgehead atoms. The fourth-order valence-electron chi connectivity index (χ4n) is 1.63. The van der Waals surface area contributed by atoms with Gasteiger partial charge in [0.05, 0.1) is 11.0 Å². The number of nitrogens with zero attached hydrogens (tertiary/aromatic N) is 3. The third-order valence-corrected chi connectivity index (χ3v) is 2.65. The minimum atomic E-state index is -0.492. The van der Waals surface area contributed by atoms with Crippen LogP contribution in [-0.2, 0) is 0 Å². The van der Waals surface area contributed by atoms with Gasteiger partial charge in [-0.2, -0.15) is 4.98 Å². The highest BCUT2D eigenvalue weighted by atomic mass is 16.6. The van der Waals surface area contributed by atoms with Crippen molar-refractivity contribution in [2.75, 3.05) is 5.73 Å². The van der Waals surface area contributed by atoms with E-state index in [2.05, 4.69) is 20.5 Å². The summed E-state index contributed by atoms with van der Waals surface area (Å²) in [4.78, 5) is 25.7. The lowest BCUT2D eigenvalue weighted by atomic mass is 10.1. The van der Waals surface area contributed by atoms with Crippen LogP contribution in [0.15, 0.2) is 24.3 Å². The number of aromatic amines is 1. The van der Waals surface area contributed by atoms with Gasteiger partial charge >= 0.3 is 0 Å². The Bertz CT molecular complexity index is 653. The van der Waals surface area contributed by atoms with Crippen molar-refractivity contribution >= 4 is 17.5 Å². The molecular weight excluding hydrogens is 264 g/mol. The van der Waals surface area contributed by atoms with Gasteiger partial charge in [0.2, 0.25) is 11.8 Å². The summed E-state index contributed by atoms with van der Waals surface area (Å²) in [5, 5.41) is 19.3. The van der Waals surface area contributed by atoms with Gasteiger partial charge in [-0.05, 0) is 12.5 Å². The van der Waals surface area contributed by atoms with E-state index in [4.69, 9.17) is 5.73 Å². The number of nitrogen functional groups attached to an aromatic ring is 1. The molecule has 1 amide bonds. The van der Waals surface area contributed by atoms with Crippen LogP contribution in [0, 0.1) is 10.1 Å². The van der Waals surface area contributed by atoms with Crippen molar-refractivity contribution in [3.8, 4) is 0 Å². The number of nitrogens with one attached hydrogen (secondary N) is 2. The lowest BCUT2D eigenvalue weighted by Crippen LogP contribution is -2.27. The molecule has 0 saturated heterocycles. The molecule has 0 fully saturated rings. The number of amides is 1. The molecule has 9 heteroatoms. The van der Waals surface area contributed by atoms with Crippen LogP contribution >= 0.6 is 0 Å². The quantitative estimate of drug-likeness (QED) is 0.557. The second-order valence-corrected chi connectivity index (χ2v) is 4.09. The first-order chi connectivity index (χ1) is 9.47. The maximum atomic E-state index is 11.8. The van der Waals surface area contributed by atoms with Gasteiger partial charge in [0.25, 0.3) is 11.6 Å². The van der Waals surface area contributed by atoms with E-state index in [1.54, 1.807) is 19.1 Å². The SMILES string of the molecule is CC(NC(=O)c1nc(N)n[nH]1)c1cccc([N+](=O)[O-])c1. The summed E-state index contributed by atoms with van der Waals surface area (Å²) < 4.78 is 0. The molecule has 20 heavy (non-hydrogen) atoms. The Morgan fingerprint density at radius 1 is 1.55 bits per heavy atom. The van der Waals surface area contributed by atoms with Gasteiger partial charge in [-0.1, -0.05) is 12.1 Å². The Morgan fingerprint density at radius 3 is 2.90 bits per heavy atom. The molecule has 1 aromatic carbocycles. The number of non-ortho nitro benzene ring substituents is 1. The standard InChI is InChI=1S/C11H12N6O3/c1-6(7-3-2-4-8(5-7)17(19)20)13-10(18)9-14-11(12)16-15-9/h2-6H,1H3,(H,13,18)(H3,12,14,15,16). The predicted molar refractivity (Wildman–Crippen MR) is 69.8 cm³/mol. The van der Waals surface area contributed by atoms with Crippen molar-refractivity contribution in [1.82, 2.24) is 20.5 Å². The highest BCUT2D eigenvalue weighted by molar-refractivity contribution is 5.90. The monoisotopic (exact) mass is 276 g/mol. The van der Waals surface area contributed by atoms with E-state index in [-0.39, 0.29) is 17.5 Å². The minimum Gasteiger partial charge on any atom is -0.366 e. The van der Waals surface area contributed by atoms with Crippen LogP contribution in [-0.4, -0.2) is 26.0 Å². The molecule has 0 spiro atoms. The van der Waals surface area contributed by atoms with Crippen LogP contribution in [0.3, 0.4) is 0 Å². The fraction of sp³-hybridized carbons (Fsp3) is 0.182. The number of carbonyl (C=O) groups is 1. The highest BCUT2D eigenvalue weighted by Crippen LogP contribution is 2.19. The fourth-order valence-corrected chi connectivity index (χ4v) is 1.63. The number of nitro benzene ring substituents is 1. The Hall–Kier alpha value is -2.97. The van der Waals surface area contributed by atoms with E-state index in [1.807, 2.05) is 0 Å². The Morgan fingerprint density at radius 2 is 2.30 bits per heavy atom. The number of carbonyl (C=O) groups excluding carboxylic acids is 1. The molecule has 0 saturated carbocycles. The first kappa shape index (κ1) is 13.5. The van der Waals surface area contributed by atoms with E-state index >= 15 is 0 Å². The van der Waals surface area contributed by atoms with Gasteiger partial charge < -0.3 is 11.1 Å². The van der Waals surface area contributed by atoms with Crippen LogP contribution in [0.1, 0.15) is 29.1 Å². The van der Waals surface area contributed by atoms with Gasteiger partial charge in [-0.25, -0.2) is 0 Å². The summed E-state index contributed by atoms with van der Waals surface area (Å²) in [5.41, 5.74) is 5.88. The van der Waals surface area contributed by atoms with E-state index in [0.29, 0.717) is 5.56 Å². The van der Waals surface area contributed by atoms with Crippen molar-refractivity contribution in [1.29, 1.82) is 0 Å². The van der Waals surface area contributed by atoms with Gasteiger partial charge in [-0.15, -0.1) is 5.10 Å². The average Bonchev–Trinajstić information content (AvgIpc) is 2.85. The van der Waals surface area contributed by atoms with Gasteiger partial charge in [0, 0.05) is 12.1 Å². The first-order valence-corrected chi connectivity index (χ1v) is 5.70. The van der Waals surface area contributed by atoms with E-state index in [0.717, 1.165) is 0 Å². The lowest BCUT2D eigenvalue weighted by molar-refractivity contribution is -0.384. The van der Waals surface area contributed by atoms with Crippen LogP contribution in [0.25, 0.3) is 0 Å². The maximum absolute atomic E-state index is 11.8. The Balaban J connectivity index is 2.12. The molecule has 1 unspecified atom stereocenters. The molecule has 9 nitrogen and oxygen atoms in total. The largest absolute Gasteiger partial charge is 0.366 e. The zero-order valence-corrected chi connectivity index (χ0v) is 10.5. The molecule has 2 rings (SSSR count). The second-order valence-electron chi connectivity index (χ2n) is 4.09. The van der Waals surface area contributed by atoms with Crippen molar-refractivity contribution in [2.45, 2.75) is 13.0 Å². The minimum absolute atomic E-state index is 0.0141. The molecule has 1 heterocycles. The summed E-state index contributed by atoms with van der Waals surface area (Å²) >= 11 is 0. The molecule has 1 atom stereocenters. The summed E-state index contributed by atoms with van der Waals surface area (Å²) in [5.74, 6) is -0.536. The van der Waals surface area contributed by atoms with E-state index in [1.165, 1.54) is 12.1 Å². The van der Waals surface area contributed by atoms with Crippen LogP contribution in [0.2, 0.25) is 0 Å². The van der Waals surface area contributed by atoms with Crippen molar-refractivity contribution < 1.29 is 9.72 Å². The van der Waals surface area contributed by atoms with Gasteiger partial charge in [0.1, 0.15) is 0 Å². The zero-order valence-electron chi connectivity index (χ0n) is 10.5. The number of rotatable bonds is 4. The molecule has 0 aliphatic heterocycles. The molecule has 2 aromatic rings. The third-order valence-electron chi connectivity index (χ3n) is 2.65. The number of H-pyrrole nitrogens is 1. The second kappa shape index (κ2) is 5.34. The first-order valence-electron chi connectivity index (χ1n) is 5.70. The van der Waals surface area contributed by atoms with E-state index < -0.39 is 16.9 Å². The summed E-state index contributed by atoms with van der Waals surface area (Å²) in [7, 11) is 0. The Kier molecular flexibility index (Phi) is 3.60. The summed E-state index contributed by atoms with van der Waals surface area (Å²) in [6, 6.07) is 5.61. The Labute approximate surface area is 113 Å².